The van der Waals surface area contributed by atoms with Crippen LogP contribution in [0.25, 0.3) is 0 Å². The van der Waals surface area contributed by atoms with Gasteiger partial charge in [-0.1, -0.05) is 0 Å². The van der Waals surface area contributed by atoms with Crippen molar-refractivity contribution in [2.24, 2.45) is 0 Å². The van der Waals surface area contributed by atoms with E-state index in [2.05, 4.69) is 5.32 Å². The molecule has 0 fully saturated rings. The van der Waals surface area contributed by atoms with Crippen molar-refractivity contribution >= 4 is 21.4 Å². The van der Waals surface area contributed by atoms with Gasteiger partial charge in [0.2, 0.25) is 5.82 Å². The van der Waals surface area contributed by atoms with E-state index in [1.54, 1.807) is 0 Å². The summed E-state index contributed by atoms with van der Waals surface area (Å²) >= 11 is 0. The molecule has 3 rings (SSSR count). The van der Waals surface area contributed by atoms with E-state index in [4.69, 9.17) is 0 Å². The van der Waals surface area contributed by atoms with Gasteiger partial charge in [-0.25, -0.2) is 30.4 Å². The van der Waals surface area contributed by atoms with E-state index >= 15 is 0 Å². The zero-order valence-corrected chi connectivity index (χ0v) is 12.6. The first-order chi connectivity index (χ1) is 11.2. The minimum atomic E-state index is -4.54. The van der Waals surface area contributed by atoms with Gasteiger partial charge >= 0.3 is 0 Å². The number of benzene rings is 2. The Morgan fingerprint density at radius 2 is 1.50 bits per heavy atom. The summed E-state index contributed by atoms with van der Waals surface area (Å²) in [5.41, 5.74) is -0.245. The van der Waals surface area contributed by atoms with Crippen LogP contribution in [0.1, 0.15) is 5.56 Å². The Balaban J connectivity index is 2.05. The minimum Gasteiger partial charge on any atom is -0.384 e. The maximum absolute atomic E-state index is 13.6. The van der Waals surface area contributed by atoms with E-state index < -0.39 is 44.8 Å². The Hall–Kier alpha value is -2.36. The van der Waals surface area contributed by atoms with Crippen LogP contribution in [-0.4, -0.2) is 15.0 Å². The monoisotopic (exact) mass is 364 g/mol. The van der Waals surface area contributed by atoms with Crippen LogP contribution < -0.4 is 10.0 Å². The number of nitrogens with one attached hydrogen (secondary N) is 2. The summed E-state index contributed by atoms with van der Waals surface area (Å²) in [5.74, 6) is -11.3. The van der Waals surface area contributed by atoms with Gasteiger partial charge in [-0.15, -0.1) is 0 Å². The molecule has 0 unspecified atom stereocenters. The Morgan fingerprint density at radius 3 is 2.12 bits per heavy atom. The fourth-order valence-electron chi connectivity index (χ4n) is 2.34. The molecule has 2 aromatic carbocycles. The van der Waals surface area contributed by atoms with E-state index in [1.807, 2.05) is 0 Å². The van der Waals surface area contributed by atoms with Crippen LogP contribution in [-0.2, 0) is 16.4 Å². The van der Waals surface area contributed by atoms with Gasteiger partial charge < -0.3 is 5.32 Å². The Bertz CT molecular complexity index is 918. The zero-order valence-electron chi connectivity index (χ0n) is 11.8. The Morgan fingerprint density at radius 1 is 0.917 bits per heavy atom. The van der Waals surface area contributed by atoms with Gasteiger partial charge in [0.1, 0.15) is 5.69 Å². The van der Waals surface area contributed by atoms with Crippen molar-refractivity contribution in [2.75, 3.05) is 16.6 Å². The van der Waals surface area contributed by atoms with Gasteiger partial charge in [-0.05, 0) is 30.2 Å². The molecule has 24 heavy (non-hydrogen) atoms. The third-order valence-electron chi connectivity index (χ3n) is 3.54. The number of fused-ring (bicyclic) bond motifs is 1. The van der Waals surface area contributed by atoms with Gasteiger partial charge in [0.15, 0.2) is 23.3 Å². The fraction of sp³-hybridized carbons (Fsp3) is 0.143. The molecule has 0 atom stereocenters. The van der Waals surface area contributed by atoms with Gasteiger partial charge in [0.05, 0.1) is 4.90 Å². The molecular weight excluding hydrogens is 355 g/mol. The molecule has 0 radical (unpaired) electrons. The van der Waals surface area contributed by atoms with Crippen molar-refractivity contribution in [1.82, 2.24) is 0 Å². The second kappa shape index (κ2) is 5.62. The summed E-state index contributed by atoms with van der Waals surface area (Å²) in [6, 6.07) is 3.88. The largest absolute Gasteiger partial charge is 0.384 e. The second-order valence-corrected chi connectivity index (χ2v) is 6.73. The third kappa shape index (κ3) is 2.56. The van der Waals surface area contributed by atoms with Crippen LogP contribution in [0.4, 0.5) is 33.3 Å². The highest BCUT2D eigenvalue weighted by Crippen LogP contribution is 2.30. The fourth-order valence-corrected chi connectivity index (χ4v) is 3.45. The van der Waals surface area contributed by atoms with E-state index in [9.17, 15) is 30.4 Å². The molecule has 0 bridgehead atoms. The van der Waals surface area contributed by atoms with Crippen molar-refractivity contribution in [2.45, 2.75) is 11.3 Å². The highest BCUT2D eigenvalue weighted by molar-refractivity contribution is 7.92. The number of hydrogen-bond acceptors (Lipinski definition) is 3. The molecule has 0 aliphatic carbocycles. The van der Waals surface area contributed by atoms with Gasteiger partial charge in [0.25, 0.3) is 10.0 Å². The molecule has 0 aromatic heterocycles. The predicted molar refractivity (Wildman–Crippen MR) is 75.7 cm³/mol. The lowest BCUT2D eigenvalue weighted by Gasteiger charge is -2.12. The van der Waals surface area contributed by atoms with E-state index in [-0.39, 0.29) is 4.90 Å². The molecule has 2 N–H and O–H groups in total. The summed E-state index contributed by atoms with van der Waals surface area (Å²) in [6.07, 6.45) is 0.543. The van der Waals surface area contributed by atoms with Crippen molar-refractivity contribution in [3.63, 3.8) is 0 Å². The molecule has 1 heterocycles. The maximum Gasteiger partial charge on any atom is 0.262 e. The molecular formula is C14H9F5N2O2S. The Kier molecular flexibility index (Phi) is 3.86. The topological polar surface area (TPSA) is 58.2 Å². The van der Waals surface area contributed by atoms with E-state index in [0.717, 1.165) is 6.07 Å². The highest BCUT2D eigenvalue weighted by Gasteiger charge is 2.29. The molecule has 2 aromatic rings. The summed E-state index contributed by atoms with van der Waals surface area (Å²) < 4.78 is 92.4. The lowest BCUT2D eigenvalue weighted by atomic mass is 10.2. The van der Waals surface area contributed by atoms with Crippen LogP contribution in [0.5, 0.6) is 0 Å². The average molecular weight is 364 g/mol. The zero-order chi connectivity index (χ0) is 17.6. The number of sulfonamides is 1. The van der Waals surface area contributed by atoms with Crippen LogP contribution in [0, 0.1) is 29.1 Å². The smallest absolute Gasteiger partial charge is 0.262 e. The lowest BCUT2D eigenvalue weighted by molar-refractivity contribution is 0.382. The Labute approximate surface area is 133 Å². The molecule has 1 aliphatic rings. The highest BCUT2D eigenvalue weighted by atomic mass is 32.2. The predicted octanol–water partition coefficient (Wildman–Crippen LogP) is 3.15. The maximum atomic E-state index is 13.6. The first kappa shape index (κ1) is 16.5. The standard InChI is InChI=1S/C14H9F5N2O2S/c15-9-10(16)12(18)14(13(19)11(9)17)21-24(22,23)7-1-2-8-6(5-7)3-4-20-8/h1-2,5,20-21H,3-4H2. The molecule has 128 valence electrons. The third-order valence-corrected chi connectivity index (χ3v) is 4.89. The quantitative estimate of drug-likeness (QED) is 0.500. The summed E-state index contributed by atoms with van der Waals surface area (Å²) in [5, 5.41) is 2.99. The average Bonchev–Trinajstić information content (AvgIpc) is 3.03. The van der Waals surface area contributed by atoms with Crippen molar-refractivity contribution in [3.05, 3.63) is 52.8 Å². The molecule has 10 heteroatoms. The first-order valence-corrected chi connectivity index (χ1v) is 8.11. The number of rotatable bonds is 3. The van der Waals surface area contributed by atoms with Gasteiger partial charge in [-0.3, -0.25) is 4.72 Å². The van der Waals surface area contributed by atoms with Gasteiger partial charge in [-0.2, -0.15) is 0 Å². The first-order valence-electron chi connectivity index (χ1n) is 6.63. The summed E-state index contributed by atoms with van der Waals surface area (Å²) in [4.78, 5) is -0.353. The van der Waals surface area contributed by atoms with Crippen LogP contribution in [0.3, 0.4) is 0 Å². The normalized spacial score (nSPS) is 13.5. The number of anilines is 2. The van der Waals surface area contributed by atoms with Crippen LogP contribution in [0.2, 0.25) is 0 Å². The molecule has 0 saturated carbocycles. The lowest BCUT2D eigenvalue weighted by Crippen LogP contribution is -2.17. The molecule has 0 spiro atoms. The number of halogens is 5. The van der Waals surface area contributed by atoms with Crippen molar-refractivity contribution in [3.8, 4) is 0 Å². The summed E-state index contributed by atoms with van der Waals surface area (Å²) in [6.45, 7) is 0.601. The van der Waals surface area contributed by atoms with Crippen LogP contribution in [0.15, 0.2) is 23.1 Å². The molecule has 4 nitrogen and oxygen atoms in total. The van der Waals surface area contributed by atoms with Crippen LogP contribution >= 0.6 is 0 Å². The SMILES string of the molecule is O=S(=O)(Nc1c(F)c(F)c(F)c(F)c1F)c1ccc2c(c1)CCN2. The van der Waals surface area contributed by atoms with E-state index in [0.29, 0.717) is 24.2 Å². The molecule has 1 aliphatic heterocycles. The number of hydrogen-bond donors (Lipinski definition) is 2. The van der Waals surface area contributed by atoms with E-state index in [1.165, 1.54) is 16.9 Å². The van der Waals surface area contributed by atoms with Crippen molar-refractivity contribution < 1.29 is 30.4 Å². The molecule has 0 amide bonds. The van der Waals surface area contributed by atoms with Gasteiger partial charge in [0, 0.05) is 12.2 Å². The molecule has 0 saturated heterocycles. The second-order valence-electron chi connectivity index (χ2n) is 5.05. The summed E-state index contributed by atoms with van der Waals surface area (Å²) in [7, 11) is -4.54. The van der Waals surface area contributed by atoms with Crippen molar-refractivity contribution in [1.29, 1.82) is 0 Å². The minimum absolute atomic E-state index is 0.353.